The van der Waals surface area contributed by atoms with Crippen molar-refractivity contribution in [2.45, 2.75) is 84.2 Å². The van der Waals surface area contributed by atoms with Crippen molar-refractivity contribution >= 4 is 6.09 Å². The summed E-state index contributed by atoms with van der Waals surface area (Å²) in [5.41, 5.74) is 2.28. The smallest absolute Gasteiger partial charge is 0.416 e. The van der Waals surface area contributed by atoms with Gasteiger partial charge >= 0.3 is 24.6 Å². The molecule has 50 heavy (non-hydrogen) atoms. The number of hydrogen-bond acceptors (Lipinski definition) is 4. The third-order valence-electron chi connectivity index (χ3n) is 8.44. The van der Waals surface area contributed by atoms with Crippen molar-refractivity contribution in [2.24, 2.45) is 10.5 Å². The number of alkyl carbamates (subject to hydrolysis) is 1. The van der Waals surface area contributed by atoms with Crippen LogP contribution < -0.4 is 10.1 Å². The van der Waals surface area contributed by atoms with Crippen LogP contribution in [0.3, 0.4) is 0 Å². The summed E-state index contributed by atoms with van der Waals surface area (Å²) < 4.78 is 135. The standard InChI is InChI=1S/C34H35F9N4O3/c1-18(2)19-8-11-27(49-7)26(15-19)25-10-9-22(32(35,36)37)14-21(25)17-45-29(48)50-31(6,30(3,4)5)28(46-47-44)20-12-23(33(38,39)40)16-24(13-20)34(41,42)43/h8-16,18,28H,17H2,1-7H3,(H,45,48)/t28?,31-/m1/s1. The molecule has 3 aromatic rings. The highest BCUT2D eigenvalue weighted by Crippen LogP contribution is 2.48. The maximum atomic E-state index is 13.8. The molecule has 272 valence electrons. The van der Waals surface area contributed by atoms with Gasteiger partial charge in [0, 0.05) is 22.4 Å². The molecule has 0 saturated heterocycles. The molecule has 0 fully saturated rings. The van der Waals surface area contributed by atoms with Gasteiger partial charge in [0.1, 0.15) is 17.4 Å². The summed E-state index contributed by atoms with van der Waals surface area (Å²) >= 11 is 0. The van der Waals surface area contributed by atoms with Crippen molar-refractivity contribution in [3.63, 3.8) is 0 Å². The van der Waals surface area contributed by atoms with Crippen LogP contribution in [0.25, 0.3) is 21.6 Å². The summed E-state index contributed by atoms with van der Waals surface area (Å²) in [4.78, 5) is 16.0. The van der Waals surface area contributed by atoms with E-state index in [4.69, 9.17) is 9.47 Å². The summed E-state index contributed by atoms with van der Waals surface area (Å²) in [5.74, 6) is 0.364. The van der Waals surface area contributed by atoms with Gasteiger partial charge in [-0.2, -0.15) is 39.5 Å². The summed E-state index contributed by atoms with van der Waals surface area (Å²) in [6.07, 6.45) is -16.5. The van der Waals surface area contributed by atoms with Crippen LogP contribution in [0.1, 0.15) is 86.9 Å². The number of carbonyl (C=O) groups excluding carboxylic acids is 1. The highest BCUT2D eigenvalue weighted by atomic mass is 19.4. The Hall–Kier alpha value is -4.59. The second kappa shape index (κ2) is 14.3. The van der Waals surface area contributed by atoms with Crippen LogP contribution in [0.5, 0.6) is 5.75 Å². The molecule has 0 aliphatic heterocycles. The number of ether oxygens (including phenoxy) is 2. The molecule has 1 N–H and O–H groups in total. The van der Waals surface area contributed by atoms with Gasteiger partial charge < -0.3 is 14.8 Å². The maximum absolute atomic E-state index is 13.8. The number of azide groups is 1. The molecule has 0 saturated carbocycles. The number of halogens is 9. The summed E-state index contributed by atoms with van der Waals surface area (Å²) in [7, 11) is 1.38. The number of nitrogens with one attached hydrogen (secondary N) is 1. The fourth-order valence-corrected chi connectivity index (χ4v) is 5.17. The first-order valence-electron chi connectivity index (χ1n) is 15.0. The van der Waals surface area contributed by atoms with Gasteiger partial charge in [0.2, 0.25) is 0 Å². The van der Waals surface area contributed by atoms with Crippen LogP contribution in [0.4, 0.5) is 44.3 Å². The molecule has 0 spiro atoms. The first-order valence-corrected chi connectivity index (χ1v) is 15.0. The molecule has 1 unspecified atom stereocenters. The molecule has 1 amide bonds. The highest BCUT2D eigenvalue weighted by molar-refractivity contribution is 5.76. The number of methoxy groups -OCH3 is 1. The lowest BCUT2D eigenvalue weighted by Gasteiger charge is -2.45. The van der Waals surface area contributed by atoms with Crippen LogP contribution in [-0.4, -0.2) is 18.8 Å². The van der Waals surface area contributed by atoms with E-state index in [1.807, 2.05) is 13.8 Å². The normalized spacial score (nSPS) is 14.4. The van der Waals surface area contributed by atoms with Gasteiger partial charge in [-0.05, 0) is 83.1 Å². The zero-order chi connectivity index (χ0) is 38.0. The van der Waals surface area contributed by atoms with Gasteiger partial charge in [-0.3, -0.25) is 0 Å². The Kier molecular flexibility index (Phi) is 11.4. The number of nitrogens with zero attached hydrogens (tertiary/aromatic N) is 3. The number of rotatable bonds is 9. The molecule has 0 aliphatic rings. The van der Waals surface area contributed by atoms with Crippen molar-refractivity contribution in [2.75, 3.05) is 7.11 Å². The van der Waals surface area contributed by atoms with E-state index in [2.05, 4.69) is 15.3 Å². The monoisotopic (exact) mass is 718 g/mol. The minimum absolute atomic E-state index is 0.0206. The molecular formula is C34H35F9N4O3. The number of amides is 1. The molecule has 3 aromatic carbocycles. The van der Waals surface area contributed by atoms with Crippen LogP contribution >= 0.6 is 0 Å². The zero-order valence-corrected chi connectivity index (χ0v) is 28.0. The van der Waals surface area contributed by atoms with E-state index < -0.39 is 70.5 Å². The van der Waals surface area contributed by atoms with Gasteiger partial charge in [-0.1, -0.05) is 51.9 Å². The predicted octanol–water partition coefficient (Wildman–Crippen LogP) is 11.6. The molecule has 3 rings (SSSR count). The maximum Gasteiger partial charge on any atom is 0.416 e. The zero-order valence-electron chi connectivity index (χ0n) is 28.0. The lowest BCUT2D eigenvalue weighted by Crippen LogP contribution is -2.50. The Labute approximate surface area is 282 Å². The van der Waals surface area contributed by atoms with Gasteiger partial charge in [0.15, 0.2) is 0 Å². The number of carbonyl (C=O) groups is 1. The van der Waals surface area contributed by atoms with Gasteiger partial charge in [0.05, 0.1) is 23.8 Å². The molecule has 0 bridgehead atoms. The fourth-order valence-electron chi connectivity index (χ4n) is 5.17. The third-order valence-corrected chi connectivity index (χ3v) is 8.44. The van der Waals surface area contributed by atoms with E-state index in [0.717, 1.165) is 24.6 Å². The van der Waals surface area contributed by atoms with Crippen LogP contribution in [0.15, 0.2) is 59.7 Å². The average molecular weight is 719 g/mol. The van der Waals surface area contributed by atoms with Gasteiger partial charge in [-0.15, -0.1) is 0 Å². The predicted molar refractivity (Wildman–Crippen MR) is 167 cm³/mol. The Morgan fingerprint density at radius 3 is 1.80 bits per heavy atom. The van der Waals surface area contributed by atoms with Crippen LogP contribution in [-0.2, 0) is 29.8 Å². The number of alkyl halides is 9. The van der Waals surface area contributed by atoms with Crippen molar-refractivity contribution in [3.8, 4) is 16.9 Å². The van der Waals surface area contributed by atoms with Gasteiger partial charge in [-0.25, -0.2) is 4.79 Å². The first-order chi connectivity index (χ1) is 22.8. The molecule has 0 heterocycles. The van der Waals surface area contributed by atoms with Crippen molar-refractivity contribution in [1.82, 2.24) is 5.32 Å². The van der Waals surface area contributed by atoms with E-state index in [1.54, 1.807) is 18.2 Å². The van der Waals surface area contributed by atoms with Crippen LogP contribution in [0, 0.1) is 5.41 Å². The molecule has 2 atom stereocenters. The molecule has 0 radical (unpaired) electrons. The largest absolute Gasteiger partial charge is 0.496 e. The van der Waals surface area contributed by atoms with Crippen molar-refractivity contribution in [3.05, 3.63) is 98.4 Å². The van der Waals surface area contributed by atoms with E-state index in [-0.39, 0.29) is 23.1 Å². The molecule has 7 nitrogen and oxygen atoms in total. The SMILES string of the molecule is COc1ccc(C(C)C)cc1-c1ccc(C(F)(F)F)cc1CNC(=O)O[C@](C)(C(N=[N+]=[N-])c1cc(C(F)(F)F)cc(C(F)(F)F)c1)C(C)(C)C. The quantitative estimate of drug-likeness (QED) is 0.103. The van der Waals surface area contributed by atoms with Crippen LogP contribution in [0.2, 0.25) is 0 Å². The third kappa shape index (κ3) is 8.95. The second-order valence-electron chi connectivity index (χ2n) is 13.0. The number of benzene rings is 3. The summed E-state index contributed by atoms with van der Waals surface area (Å²) in [6.45, 7) is 8.75. The van der Waals surface area contributed by atoms with Crippen molar-refractivity contribution in [1.29, 1.82) is 0 Å². The molecule has 0 aliphatic carbocycles. The van der Waals surface area contributed by atoms with E-state index in [0.29, 0.717) is 23.4 Å². The summed E-state index contributed by atoms with van der Waals surface area (Å²) in [6, 6.07) is 6.79. The Morgan fingerprint density at radius 1 is 0.780 bits per heavy atom. The first kappa shape index (κ1) is 39.8. The van der Waals surface area contributed by atoms with E-state index in [1.165, 1.54) is 33.9 Å². The van der Waals surface area contributed by atoms with Crippen molar-refractivity contribution < 1.29 is 53.8 Å². The highest BCUT2D eigenvalue weighted by Gasteiger charge is 2.49. The Balaban J connectivity index is 2.11. The number of hydrogen-bond donors (Lipinski definition) is 1. The second-order valence-corrected chi connectivity index (χ2v) is 13.0. The van der Waals surface area contributed by atoms with E-state index in [9.17, 15) is 49.8 Å². The Bertz CT molecular complexity index is 1720. The fraction of sp³-hybridized carbons (Fsp3) is 0.441. The molecule has 16 heteroatoms. The minimum atomic E-state index is -5.23. The lowest BCUT2D eigenvalue weighted by atomic mass is 9.71. The van der Waals surface area contributed by atoms with E-state index >= 15 is 0 Å². The topological polar surface area (TPSA) is 96.3 Å². The minimum Gasteiger partial charge on any atom is -0.496 e. The lowest BCUT2D eigenvalue weighted by molar-refractivity contribution is -0.143. The molecule has 0 aromatic heterocycles. The van der Waals surface area contributed by atoms with Gasteiger partial charge in [0.25, 0.3) is 0 Å². The average Bonchev–Trinajstić information content (AvgIpc) is 3.00. The summed E-state index contributed by atoms with van der Waals surface area (Å²) in [5, 5.41) is 5.83. The Morgan fingerprint density at radius 2 is 1.34 bits per heavy atom. The molecular weight excluding hydrogens is 683 g/mol.